The second-order valence-electron chi connectivity index (χ2n) is 7.06. The maximum Gasteiger partial charge on any atom is 0.164 e. The van der Waals surface area contributed by atoms with Gasteiger partial charge in [0.05, 0.1) is 17.1 Å². The molecule has 1 aromatic carbocycles. The van der Waals surface area contributed by atoms with Gasteiger partial charge >= 0.3 is 0 Å². The van der Waals surface area contributed by atoms with Crippen LogP contribution in [0, 0.1) is 0 Å². The average Bonchev–Trinajstić information content (AvgIpc) is 3.23. The number of thioether (sulfide) groups is 1. The van der Waals surface area contributed by atoms with E-state index in [0.29, 0.717) is 5.02 Å². The molecule has 29 heavy (non-hydrogen) atoms. The Morgan fingerprint density at radius 2 is 1.79 bits per heavy atom. The SMILES string of the molecule is Clc1cccnc1N1CCN(C2=NCC(=Cc3cnc4ccccc4c3)S2)CC1. The third-order valence-electron chi connectivity index (χ3n) is 5.12. The van der Waals surface area contributed by atoms with E-state index in [1.807, 2.05) is 36.5 Å². The van der Waals surface area contributed by atoms with Gasteiger partial charge in [-0.3, -0.25) is 9.98 Å². The van der Waals surface area contributed by atoms with E-state index < -0.39 is 0 Å². The second-order valence-corrected chi connectivity index (χ2v) is 8.56. The summed E-state index contributed by atoms with van der Waals surface area (Å²) in [5, 5.41) is 2.98. The predicted molar refractivity (Wildman–Crippen MR) is 123 cm³/mol. The van der Waals surface area contributed by atoms with E-state index >= 15 is 0 Å². The molecule has 1 fully saturated rings. The molecule has 7 heteroatoms. The van der Waals surface area contributed by atoms with Gasteiger partial charge in [-0.25, -0.2) is 4.98 Å². The lowest BCUT2D eigenvalue weighted by atomic mass is 10.1. The van der Waals surface area contributed by atoms with Crippen molar-refractivity contribution in [1.82, 2.24) is 14.9 Å². The maximum atomic E-state index is 6.30. The van der Waals surface area contributed by atoms with Gasteiger partial charge in [-0.15, -0.1) is 0 Å². The summed E-state index contributed by atoms with van der Waals surface area (Å²) in [7, 11) is 0. The van der Waals surface area contributed by atoms with Gasteiger partial charge in [0.1, 0.15) is 5.82 Å². The highest BCUT2D eigenvalue weighted by atomic mass is 35.5. The van der Waals surface area contributed by atoms with Crippen molar-refractivity contribution < 1.29 is 0 Å². The first kappa shape index (κ1) is 18.5. The number of benzene rings is 1. The number of fused-ring (bicyclic) bond motifs is 1. The molecular weight excluding hydrogens is 402 g/mol. The highest BCUT2D eigenvalue weighted by Crippen LogP contribution is 2.31. The van der Waals surface area contributed by atoms with E-state index in [1.54, 1.807) is 18.0 Å². The van der Waals surface area contributed by atoms with Gasteiger partial charge in [0.15, 0.2) is 5.17 Å². The summed E-state index contributed by atoms with van der Waals surface area (Å²) >= 11 is 8.06. The summed E-state index contributed by atoms with van der Waals surface area (Å²) in [6, 6.07) is 14.1. The Labute approximate surface area is 179 Å². The summed E-state index contributed by atoms with van der Waals surface area (Å²) < 4.78 is 0. The first-order valence-electron chi connectivity index (χ1n) is 9.64. The molecule has 0 saturated carbocycles. The van der Waals surface area contributed by atoms with E-state index in [-0.39, 0.29) is 0 Å². The molecule has 0 spiro atoms. The summed E-state index contributed by atoms with van der Waals surface area (Å²) in [6.07, 6.45) is 5.93. The first-order chi connectivity index (χ1) is 14.3. The number of aliphatic imine (C=N–C) groups is 1. The molecule has 5 nitrogen and oxygen atoms in total. The van der Waals surface area contributed by atoms with Crippen molar-refractivity contribution in [2.45, 2.75) is 0 Å². The minimum absolute atomic E-state index is 0.711. The van der Waals surface area contributed by atoms with Gasteiger partial charge in [0.25, 0.3) is 0 Å². The van der Waals surface area contributed by atoms with E-state index in [9.17, 15) is 0 Å². The van der Waals surface area contributed by atoms with E-state index in [1.165, 1.54) is 4.91 Å². The van der Waals surface area contributed by atoms with Crippen LogP contribution in [-0.2, 0) is 0 Å². The monoisotopic (exact) mass is 421 g/mol. The molecule has 146 valence electrons. The maximum absolute atomic E-state index is 6.30. The first-order valence-corrected chi connectivity index (χ1v) is 10.8. The van der Waals surface area contributed by atoms with Crippen molar-refractivity contribution in [2.75, 3.05) is 37.6 Å². The molecule has 2 aromatic heterocycles. The highest BCUT2D eigenvalue weighted by Gasteiger charge is 2.25. The topological polar surface area (TPSA) is 44.6 Å². The van der Waals surface area contributed by atoms with Crippen LogP contribution in [0.3, 0.4) is 0 Å². The molecule has 0 amide bonds. The standard InChI is InChI=1S/C22H20ClN5S/c23-19-5-3-7-24-21(19)27-8-10-28(11-9-27)22-26-15-18(29-22)13-16-12-17-4-1-2-6-20(17)25-14-16/h1-7,12-14H,8-11,15H2. The molecule has 0 aliphatic carbocycles. The predicted octanol–water partition coefficient (Wildman–Crippen LogP) is 4.55. The Morgan fingerprint density at radius 1 is 0.966 bits per heavy atom. The number of hydrogen-bond acceptors (Lipinski definition) is 6. The normalized spacial score (nSPS) is 18.5. The molecule has 0 radical (unpaired) electrons. The fourth-order valence-electron chi connectivity index (χ4n) is 3.64. The molecule has 0 unspecified atom stereocenters. The number of pyridine rings is 2. The molecule has 0 bridgehead atoms. The molecule has 2 aliphatic heterocycles. The molecule has 0 atom stereocenters. The van der Waals surface area contributed by atoms with Gasteiger partial charge in [0.2, 0.25) is 0 Å². The number of halogens is 1. The zero-order valence-corrected chi connectivity index (χ0v) is 17.4. The number of rotatable bonds is 2. The van der Waals surface area contributed by atoms with Gasteiger partial charge in [-0.2, -0.15) is 0 Å². The number of aromatic nitrogens is 2. The third kappa shape index (κ3) is 3.95. The highest BCUT2D eigenvalue weighted by molar-refractivity contribution is 8.17. The van der Waals surface area contributed by atoms with Crippen molar-refractivity contribution in [2.24, 2.45) is 4.99 Å². The average molecular weight is 422 g/mol. The second kappa shape index (κ2) is 8.05. The Morgan fingerprint density at radius 3 is 2.66 bits per heavy atom. The number of anilines is 1. The van der Waals surface area contributed by atoms with Crippen LogP contribution in [0.15, 0.2) is 64.8 Å². The van der Waals surface area contributed by atoms with Crippen molar-refractivity contribution in [3.8, 4) is 0 Å². The van der Waals surface area contributed by atoms with Crippen LogP contribution in [-0.4, -0.2) is 52.8 Å². The smallest absolute Gasteiger partial charge is 0.164 e. The molecule has 1 saturated heterocycles. The fraction of sp³-hybridized carbons (Fsp3) is 0.227. The lowest BCUT2D eigenvalue weighted by Gasteiger charge is -2.36. The van der Waals surface area contributed by atoms with Crippen LogP contribution in [0.4, 0.5) is 5.82 Å². The number of hydrogen-bond donors (Lipinski definition) is 0. The van der Waals surface area contributed by atoms with Crippen LogP contribution >= 0.6 is 23.4 Å². The summed E-state index contributed by atoms with van der Waals surface area (Å²) in [5.41, 5.74) is 2.15. The number of amidine groups is 1. The van der Waals surface area contributed by atoms with Crippen LogP contribution < -0.4 is 4.90 Å². The zero-order valence-electron chi connectivity index (χ0n) is 15.8. The quantitative estimate of drug-likeness (QED) is 0.607. The molecule has 4 heterocycles. The minimum Gasteiger partial charge on any atom is -0.352 e. The van der Waals surface area contributed by atoms with Crippen molar-refractivity contribution >= 4 is 51.3 Å². The number of para-hydroxylation sites is 1. The lowest BCUT2D eigenvalue weighted by molar-refractivity contribution is 0.391. The minimum atomic E-state index is 0.711. The Bertz CT molecular complexity index is 1110. The molecule has 3 aromatic rings. The van der Waals surface area contributed by atoms with E-state index in [4.69, 9.17) is 16.6 Å². The fourth-order valence-corrected chi connectivity index (χ4v) is 4.88. The van der Waals surface area contributed by atoms with Gasteiger partial charge in [-0.05, 0) is 35.9 Å². The number of nitrogens with zero attached hydrogens (tertiary/aromatic N) is 5. The van der Waals surface area contributed by atoms with Crippen LogP contribution in [0.5, 0.6) is 0 Å². The Kier molecular flexibility index (Phi) is 5.12. The van der Waals surface area contributed by atoms with Crippen molar-refractivity contribution in [3.05, 3.63) is 70.3 Å². The third-order valence-corrected chi connectivity index (χ3v) is 6.49. The summed E-state index contributed by atoms with van der Waals surface area (Å²) in [5.74, 6) is 0.874. The van der Waals surface area contributed by atoms with Crippen molar-refractivity contribution in [1.29, 1.82) is 0 Å². The van der Waals surface area contributed by atoms with Gasteiger partial charge in [0, 0.05) is 48.9 Å². The van der Waals surface area contributed by atoms with Gasteiger partial charge in [-0.1, -0.05) is 41.6 Å². The van der Waals surface area contributed by atoms with Crippen molar-refractivity contribution in [3.63, 3.8) is 0 Å². The van der Waals surface area contributed by atoms with Crippen LogP contribution in [0.1, 0.15) is 5.56 Å². The van der Waals surface area contributed by atoms with Gasteiger partial charge < -0.3 is 9.80 Å². The Hall–Kier alpha value is -2.57. The summed E-state index contributed by atoms with van der Waals surface area (Å²) in [6.45, 7) is 4.36. The van der Waals surface area contributed by atoms with E-state index in [0.717, 1.165) is 60.2 Å². The molecule has 0 N–H and O–H groups in total. The molecule has 5 rings (SSSR count). The summed E-state index contributed by atoms with van der Waals surface area (Å²) in [4.78, 5) is 19.6. The Balaban J connectivity index is 1.23. The number of piperazine rings is 1. The van der Waals surface area contributed by atoms with Crippen LogP contribution in [0.25, 0.3) is 17.0 Å². The molecular formula is C22H20ClN5S. The molecule has 2 aliphatic rings. The zero-order chi connectivity index (χ0) is 19.6. The largest absolute Gasteiger partial charge is 0.352 e. The van der Waals surface area contributed by atoms with E-state index in [2.05, 4.69) is 38.0 Å². The lowest BCUT2D eigenvalue weighted by Crippen LogP contribution is -2.48. The van der Waals surface area contributed by atoms with Crippen LogP contribution in [0.2, 0.25) is 5.02 Å².